The van der Waals surface area contributed by atoms with Crippen LogP contribution in [0.25, 0.3) is 0 Å². The summed E-state index contributed by atoms with van der Waals surface area (Å²) < 4.78 is 35.6. The van der Waals surface area contributed by atoms with E-state index in [4.69, 9.17) is 0 Å². The van der Waals surface area contributed by atoms with Crippen LogP contribution < -0.4 is 5.32 Å². The zero-order valence-corrected chi connectivity index (χ0v) is 9.69. The summed E-state index contributed by atoms with van der Waals surface area (Å²) in [6.07, 6.45) is -3.01. The van der Waals surface area contributed by atoms with Gasteiger partial charge in [-0.3, -0.25) is 0 Å². The fourth-order valence-electron chi connectivity index (χ4n) is 1.79. The van der Waals surface area contributed by atoms with E-state index in [1.54, 1.807) is 0 Å². The van der Waals surface area contributed by atoms with Gasteiger partial charge in [-0.25, -0.2) is 0 Å². The molecule has 1 saturated heterocycles. The molecule has 0 spiro atoms. The molecular weight excluding hydrogens is 219 g/mol. The highest BCUT2D eigenvalue weighted by molar-refractivity contribution is 4.68. The lowest BCUT2D eigenvalue weighted by molar-refractivity contribution is -0.124. The number of nitrogens with one attached hydrogen (secondary N) is 1. The Hall–Kier alpha value is -0.330. The van der Waals surface area contributed by atoms with Crippen LogP contribution in [-0.4, -0.2) is 68.8 Å². The summed E-state index contributed by atoms with van der Waals surface area (Å²) in [6.45, 7) is 4.22. The summed E-state index contributed by atoms with van der Waals surface area (Å²) in [7, 11) is 2.07. The molecule has 96 valence electrons. The topological polar surface area (TPSA) is 18.5 Å². The average Bonchev–Trinajstić information content (AvgIpc) is 2.37. The van der Waals surface area contributed by atoms with Gasteiger partial charge in [-0.1, -0.05) is 0 Å². The maximum atomic E-state index is 11.9. The predicted molar refractivity (Wildman–Crippen MR) is 57.5 cm³/mol. The minimum Gasteiger partial charge on any atom is -0.307 e. The van der Waals surface area contributed by atoms with E-state index in [9.17, 15) is 13.2 Å². The third-order valence-corrected chi connectivity index (χ3v) is 2.74. The number of nitrogens with zero attached hydrogens (tertiary/aromatic N) is 2. The number of hydrogen-bond acceptors (Lipinski definition) is 3. The molecule has 3 nitrogen and oxygen atoms in total. The lowest BCUT2D eigenvalue weighted by atomic mass is 10.4. The van der Waals surface area contributed by atoms with Gasteiger partial charge in [-0.2, -0.15) is 13.2 Å². The van der Waals surface area contributed by atoms with Crippen molar-refractivity contribution >= 4 is 0 Å². The van der Waals surface area contributed by atoms with Gasteiger partial charge in [0, 0.05) is 26.2 Å². The van der Waals surface area contributed by atoms with Gasteiger partial charge in [0.1, 0.15) is 0 Å². The smallest absolute Gasteiger partial charge is 0.307 e. The highest BCUT2D eigenvalue weighted by Crippen LogP contribution is 2.11. The number of halogens is 3. The lowest BCUT2D eigenvalue weighted by Gasteiger charge is -2.20. The van der Waals surface area contributed by atoms with Crippen molar-refractivity contribution in [3.05, 3.63) is 0 Å². The van der Waals surface area contributed by atoms with E-state index in [2.05, 4.69) is 22.2 Å². The van der Waals surface area contributed by atoms with E-state index in [-0.39, 0.29) is 0 Å². The molecule has 0 aromatic heterocycles. The Morgan fingerprint density at radius 3 is 2.56 bits per heavy atom. The number of rotatable bonds is 4. The van der Waals surface area contributed by atoms with E-state index in [0.29, 0.717) is 13.1 Å². The molecule has 0 atom stereocenters. The van der Waals surface area contributed by atoms with Crippen molar-refractivity contribution in [2.45, 2.75) is 12.6 Å². The Morgan fingerprint density at radius 2 is 1.88 bits per heavy atom. The third-order valence-electron chi connectivity index (χ3n) is 2.74. The second-order valence-electron chi connectivity index (χ2n) is 4.29. The molecule has 1 heterocycles. The molecule has 6 heteroatoms. The summed E-state index contributed by atoms with van der Waals surface area (Å²) in [5.74, 6) is 0. The van der Waals surface area contributed by atoms with Crippen molar-refractivity contribution in [2.24, 2.45) is 0 Å². The zero-order chi connectivity index (χ0) is 12.0. The Kier molecular flexibility index (Phi) is 5.51. The van der Waals surface area contributed by atoms with Crippen LogP contribution in [0.3, 0.4) is 0 Å². The molecule has 1 rings (SSSR count). The highest BCUT2D eigenvalue weighted by atomic mass is 19.4. The molecule has 1 fully saturated rings. The second-order valence-corrected chi connectivity index (χ2v) is 4.29. The van der Waals surface area contributed by atoms with Crippen LogP contribution in [0.4, 0.5) is 13.2 Å². The highest BCUT2D eigenvalue weighted by Gasteiger charge is 2.26. The first-order valence-corrected chi connectivity index (χ1v) is 5.66. The van der Waals surface area contributed by atoms with Gasteiger partial charge in [-0.05, 0) is 26.6 Å². The molecular formula is C10H20F3N3. The van der Waals surface area contributed by atoms with Crippen LogP contribution in [0.1, 0.15) is 6.42 Å². The van der Waals surface area contributed by atoms with Gasteiger partial charge in [0.25, 0.3) is 0 Å². The first-order chi connectivity index (χ1) is 7.47. The molecule has 0 saturated carbocycles. The largest absolute Gasteiger partial charge is 0.401 e. The van der Waals surface area contributed by atoms with Crippen molar-refractivity contribution in [3.8, 4) is 0 Å². The molecule has 0 bridgehead atoms. The number of alkyl halides is 3. The van der Waals surface area contributed by atoms with Crippen molar-refractivity contribution in [3.63, 3.8) is 0 Å². The monoisotopic (exact) mass is 239 g/mol. The van der Waals surface area contributed by atoms with Crippen LogP contribution >= 0.6 is 0 Å². The van der Waals surface area contributed by atoms with E-state index >= 15 is 0 Å². The number of likely N-dealkylation sites (N-methyl/N-ethyl adjacent to an activating group) is 1. The fourth-order valence-corrected chi connectivity index (χ4v) is 1.79. The Bertz CT molecular complexity index is 196. The lowest BCUT2D eigenvalue weighted by Crippen LogP contribution is -2.37. The molecule has 0 radical (unpaired) electrons. The molecule has 0 aromatic rings. The Balaban J connectivity index is 2.08. The maximum Gasteiger partial charge on any atom is 0.401 e. The minimum absolute atomic E-state index is 0.406. The van der Waals surface area contributed by atoms with Crippen LogP contribution in [0, 0.1) is 0 Å². The zero-order valence-electron chi connectivity index (χ0n) is 9.69. The van der Waals surface area contributed by atoms with E-state index in [0.717, 1.165) is 32.6 Å². The van der Waals surface area contributed by atoms with Crippen LogP contribution in [0.2, 0.25) is 0 Å². The van der Waals surface area contributed by atoms with Crippen LogP contribution in [0.15, 0.2) is 0 Å². The third kappa shape index (κ3) is 6.30. The molecule has 0 unspecified atom stereocenters. The molecule has 1 N–H and O–H groups in total. The van der Waals surface area contributed by atoms with Gasteiger partial charge in [0.05, 0.1) is 6.54 Å². The first-order valence-electron chi connectivity index (χ1n) is 5.66. The molecule has 1 aliphatic heterocycles. The molecule has 0 aromatic carbocycles. The Labute approximate surface area is 94.6 Å². The van der Waals surface area contributed by atoms with Crippen molar-refractivity contribution < 1.29 is 13.2 Å². The normalized spacial score (nSPS) is 21.0. The summed E-state index contributed by atoms with van der Waals surface area (Å²) in [5, 5.41) is 2.42. The summed E-state index contributed by atoms with van der Waals surface area (Å²) >= 11 is 0. The standard InChI is InChI=1S/C10H20F3N3/c1-15-4-2-5-16(8-7-15)6-3-14-9-10(11,12)13/h14H,2-9H2,1H3. The van der Waals surface area contributed by atoms with Gasteiger partial charge in [-0.15, -0.1) is 0 Å². The molecule has 1 aliphatic rings. The van der Waals surface area contributed by atoms with Crippen molar-refractivity contribution in [1.82, 2.24) is 15.1 Å². The summed E-state index contributed by atoms with van der Waals surface area (Å²) in [6, 6.07) is 0. The SMILES string of the molecule is CN1CCCN(CCNCC(F)(F)F)CC1. The van der Waals surface area contributed by atoms with Crippen molar-refractivity contribution in [2.75, 3.05) is 52.9 Å². The molecule has 16 heavy (non-hydrogen) atoms. The minimum atomic E-state index is -4.10. The van der Waals surface area contributed by atoms with Gasteiger partial charge in [0.2, 0.25) is 0 Å². The Morgan fingerprint density at radius 1 is 1.12 bits per heavy atom. The predicted octanol–water partition coefficient (Wildman–Crippen LogP) is 0.776. The van der Waals surface area contributed by atoms with Gasteiger partial charge >= 0.3 is 6.18 Å². The van der Waals surface area contributed by atoms with E-state index in [1.165, 1.54) is 0 Å². The number of hydrogen-bond donors (Lipinski definition) is 1. The summed E-state index contributed by atoms with van der Waals surface area (Å²) in [4.78, 5) is 4.47. The van der Waals surface area contributed by atoms with E-state index < -0.39 is 12.7 Å². The van der Waals surface area contributed by atoms with Crippen LogP contribution in [0.5, 0.6) is 0 Å². The first kappa shape index (κ1) is 13.7. The summed E-state index contributed by atoms with van der Waals surface area (Å²) in [5.41, 5.74) is 0. The van der Waals surface area contributed by atoms with Gasteiger partial charge < -0.3 is 15.1 Å². The van der Waals surface area contributed by atoms with Crippen LogP contribution in [-0.2, 0) is 0 Å². The van der Waals surface area contributed by atoms with E-state index in [1.807, 2.05) is 0 Å². The average molecular weight is 239 g/mol. The quantitative estimate of drug-likeness (QED) is 0.731. The maximum absolute atomic E-state index is 11.9. The molecule has 0 amide bonds. The fraction of sp³-hybridized carbons (Fsp3) is 1.00. The molecule has 0 aliphatic carbocycles. The second kappa shape index (κ2) is 6.42. The van der Waals surface area contributed by atoms with Crippen molar-refractivity contribution in [1.29, 1.82) is 0 Å². The van der Waals surface area contributed by atoms with Gasteiger partial charge in [0.15, 0.2) is 0 Å².